The summed E-state index contributed by atoms with van der Waals surface area (Å²) < 4.78 is 13.7. The minimum absolute atomic E-state index is 0.0976. The number of hydrogen-bond donors (Lipinski definition) is 1. The van der Waals surface area contributed by atoms with Gasteiger partial charge in [-0.15, -0.1) is 0 Å². The number of piperidine rings is 1. The number of rotatable bonds is 3. The van der Waals surface area contributed by atoms with Gasteiger partial charge in [0.15, 0.2) is 0 Å². The Bertz CT molecular complexity index is 474. The van der Waals surface area contributed by atoms with Crippen LogP contribution in [0.5, 0.6) is 0 Å². The van der Waals surface area contributed by atoms with Crippen molar-refractivity contribution in [2.24, 2.45) is 0 Å². The van der Waals surface area contributed by atoms with Crippen LogP contribution in [0.3, 0.4) is 0 Å². The van der Waals surface area contributed by atoms with Gasteiger partial charge in [-0.25, -0.2) is 4.39 Å². The Balaban J connectivity index is 1.64. The van der Waals surface area contributed by atoms with Gasteiger partial charge in [0, 0.05) is 24.2 Å². The first-order valence-corrected chi connectivity index (χ1v) is 7.78. The predicted octanol–water partition coefficient (Wildman–Crippen LogP) is 3.41. The quantitative estimate of drug-likeness (QED) is 0.910. The van der Waals surface area contributed by atoms with Gasteiger partial charge in [-0.2, -0.15) is 0 Å². The molecule has 2 heterocycles. The van der Waals surface area contributed by atoms with Crippen molar-refractivity contribution in [3.63, 3.8) is 0 Å². The highest BCUT2D eigenvalue weighted by Gasteiger charge is 2.38. The molecule has 0 saturated carbocycles. The van der Waals surface area contributed by atoms with Crippen molar-refractivity contribution in [3.8, 4) is 0 Å². The van der Waals surface area contributed by atoms with Gasteiger partial charge >= 0.3 is 0 Å². The molecule has 2 aliphatic rings. The molecule has 0 spiro atoms. The third-order valence-corrected chi connectivity index (χ3v) is 5.28. The maximum absolute atomic E-state index is 13.7. The maximum atomic E-state index is 13.7. The number of nitrogens with one attached hydrogen (secondary N) is 1. The van der Waals surface area contributed by atoms with Gasteiger partial charge in [-0.05, 0) is 63.8 Å². The van der Waals surface area contributed by atoms with Gasteiger partial charge < -0.3 is 10.2 Å². The molecule has 2 saturated heterocycles. The molecule has 3 unspecified atom stereocenters. The molecule has 0 aliphatic carbocycles. The van der Waals surface area contributed by atoms with E-state index < -0.39 is 0 Å². The minimum atomic E-state index is -0.0976. The first-order chi connectivity index (χ1) is 9.54. The molecule has 2 aliphatic heterocycles. The first kappa shape index (κ1) is 14.0. The van der Waals surface area contributed by atoms with Crippen molar-refractivity contribution in [3.05, 3.63) is 35.1 Å². The van der Waals surface area contributed by atoms with Crippen molar-refractivity contribution >= 4 is 0 Å². The Hall–Kier alpha value is -0.930. The molecular formula is C17H25FN2. The number of halogens is 1. The molecule has 0 aromatic heterocycles. The van der Waals surface area contributed by atoms with Crippen LogP contribution in [0.1, 0.15) is 49.8 Å². The number of benzene rings is 1. The van der Waals surface area contributed by atoms with E-state index in [0.29, 0.717) is 6.04 Å². The van der Waals surface area contributed by atoms with E-state index in [1.165, 1.54) is 25.7 Å². The van der Waals surface area contributed by atoms with E-state index in [9.17, 15) is 4.39 Å². The summed E-state index contributed by atoms with van der Waals surface area (Å²) >= 11 is 0. The molecule has 20 heavy (non-hydrogen) atoms. The zero-order chi connectivity index (χ0) is 14.3. The second-order valence-corrected chi connectivity index (χ2v) is 6.62. The van der Waals surface area contributed by atoms with E-state index in [1.54, 1.807) is 6.07 Å². The third-order valence-electron chi connectivity index (χ3n) is 5.28. The van der Waals surface area contributed by atoms with E-state index in [0.717, 1.165) is 23.2 Å². The Morgan fingerprint density at radius 1 is 1.25 bits per heavy atom. The average molecular weight is 276 g/mol. The summed E-state index contributed by atoms with van der Waals surface area (Å²) in [6.07, 6.45) is 5.14. The zero-order valence-electron chi connectivity index (χ0n) is 12.7. The molecule has 1 aromatic carbocycles. The molecule has 1 aromatic rings. The molecule has 110 valence electrons. The predicted molar refractivity (Wildman–Crippen MR) is 80.3 cm³/mol. The highest BCUT2D eigenvalue weighted by atomic mass is 19.1. The van der Waals surface area contributed by atoms with Crippen LogP contribution in [-0.4, -0.2) is 30.1 Å². The Kier molecular flexibility index (Phi) is 3.83. The van der Waals surface area contributed by atoms with Crippen molar-refractivity contribution in [1.82, 2.24) is 10.2 Å². The SMILES string of the molecule is Cc1ccc(C(C)NC2CC3CCC(C2)N3C)cc1F. The first-order valence-electron chi connectivity index (χ1n) is 7.78. The largest absolute Gasteiger partial charge is 0.307 e. The van der Waals surface area contributed by atoms with Crippen LogP contribution in [0.4, 0.5) is 4.39 Å². The monoisotopic (exact) mass is 276 g/mol. The topological polar surface area (TPSA) is 15.3 Å². The van der Waals surface area contributed by atoms with E-state index in [1.807, 2.05) is 19.1 Å². The lowest BCUT2D eigenvalue weighted by atomic mass is 9.96. The second kappa shape index (κ2) is 5.45. The molecule has 2 bridgehead atoms. The van der Waals surface area contributed by atoms with Crippen LogP contribution in [0.25, 0.3) is 0 Å². The van der Waals surface area contributed by atoms with E-state index >= 15 is 0 Å². The summed E-state index contributed by atoms with van der Waals surface area (Å²) in [5, 5.41) is 3.71. The molecule has 0 radical (unpaired) electrons. The van der Waals surface area contributed by atoms with Crippen LogP contribution in [0.15, 0.2) is 18.2 Å². The summed E-state index contributed by atoms with van der Waals surface area (Å²) in [7, 11) is 2.26. The van der Waals surface area contributed by atoms with Crippen molar-refractivity contribution < 1.29 is 4.39 Å². The lowest BCUT2D eigenvalue weighted by Gasteiger charge is -2.38. The number of hydrogen-bond acceptors (Lipinski definition) is 2. The summed E-state index contributed by atoms with van der Waals surface area (Å²) in [6.45, 7) is 3.95. The summed E-state index contributed by atoms with van der Waals surface area (Å²) in [5.41, 5.74) is 1.78. The highest BCUT2D eigenvalue weighted by molar-refractivity contribution is 5.25. The van der Waals surface area contributed by atoms with Gasteiger partial charge in [0.05, 0.1) is 0 Å². The third kappa shape index (κ3) is 2.61. The Morgan fingerprint density at radius 2 is 1.90 bits per heavy atom. The summed E-state index contributed by atoms with van der Waals surface area (Å²) in [5.74, 6) is -0.0976. The fourth-order valence-corrected chi connectivity index (χ4v) is 3.88. The fourth-order valence-electron chi connectivity index (χ4n) is 3.88. The lowest BCUT2D eigenvalue weighted by Crippen LogP contribution is -2.47. The van der Waals surface area contributed by atoms with Gasteiger partial charge in [0.2, 0.25) is 0 Å². The molecule has 2 nitrogen and oxygen atoms in total. The van der Waals surface area contributed by atoms with Crippen LogP contribution < -0.4 is 5.32 Å². The molecule has 3 atom stereocenters. The fraction of sp³-hybridized carbons (Fsp3) is 0.647. The average Bonchev–Trinajstić information content (AvgIpc) is 2.64. The van der Waals surface area contributed by atoms with Crippen LogP contribution >= 0.6 is 0 Å². The second-order valence-electron chi connectivity index (χ2n) is 6.62. The summed E-state index contributed by atoms with van der Waals surface area (Å²) in [4.78, 5) is 2.55. The van der Waals surface area contributed by atoms with Crippen LogP contribution in [0.2, 0.25) is 0 Å². The Labute approximate surface area is 121 Å². The van der Waals surface area contributed by atoms with Gasteiger partial charge in [0.1, 0.15) is 5.82 Å². The van der Waals surface area contributed by atoms with Crippen molar-refractivity contribution in [1.29, 1.82) is 0 Å². The normalized spacial score (nSPS) is 31.5. The molecule has 3 rings (SSSR count). The highest BCUT2D eigenvalue weighted by Crippen LogP contribution is 2.35. The van der Waals surface area contributed by atoms with E-state index in [2.05, 4.69) is 24.2 Å². The molecule has 2 fully saturated rings. The smallest absolute Gasteiger partial charge is 0.126 e. The zero-order valence-corrected chi connectivity index (χ0v) is 12.7. The summed E-state index contributed by atoms with van der Waals surface area (Å²) in [6, 6.07) is 7.87. The van der Waals surface area contributed by atoms with Crippen LogP contribution in [-0.2, 0) is 0 Å². The standard InChI is InChI=1S/C17H25FN2/c1-11-4-5-13(8-17(11)18)12(2)19-14-9-15-6-7-16(10-14)20(15)3/h4-5,8,12,14-16,19H,6-7,9-10H2,1-3H3. The number of fused-ring (bicyclic) bond motifs is 2. The number of aryl methyl sites for hydroxylation is 1. The maximum Gasteiger partial charge on any atom is 0.126 e. The van der Waals surface area contributed by atoms with E-state index in [-0.39, 0.29) is 11.9 Å². The van der Waals surface area contributed by atoms with Crippen LogP contribution in [0, 0.1) is 12.7 Å². The van der Waals surface area contributed by atoms with E-state index in [4.69, 9.17) is 0 Å². The van der Waals surface area contributed by atoms with Gasteiger partial charge in [0.25, 0.3) is 0 Å². The molecule has 1 N–H and O–H groups in total. The van der Waals surface area contributed by atoms with Gasteiger partial charge in [-0.3, -0.25) is 0 Å². The van der Waals surface area contributed by atoms with Crippen molar-refractivity contribution in [2.75, 3.05) is 7.05 Å². The minimum Gasteiger partial charge on any atom is -0.307 e. The van der Waals surface area contributed by atoms with Crippen molar-refractivity contribution in [2.45, 2.75) is 63.7 Å². The molecule has 0 amide bonds. The lowest BCUT2D eigenvalue weighted by molar-refractivity contribution is 0.144. The Morgan fingerprint density at radius 3 is 2.50 bits per heavy atom. The van der Waals surface area contributed by atoms with Gasteiger partial charge in [-0.1, -0.05) is 12.1 Å². The molecule has 3 heteroatoms. The number of nitrogens with zero attached hydrogens (tertiary/aromatic N) is 1. The molecular weight excluding hydrogens is 251 g/mol.